The molecule has 6 rings (SSSR count). The Labute approximate surface area is 217 Å². The Hall–Kier alpha value is -3.70. The molecule has 2 aromatic carbocycles. The monoisotopic (exact) mass is 513 g/mol. The van der Waals surface area contributed by atoms with Crippen LogP contribution < -0.4 is 28.3 Å². The number of ketones is 1. The number of nitrogens with two attached hydrogens (primary N) is 4. The molecule has 2 aliphatic rings. The van der Waals surface area contributed by atoms with Crippen molar-refractivity contribution in [1.29, 1.82) is 0 Å². The Bertz CT molecular complexity index is 1550. The zero-order chi connectivity index (χ0) is 25.9. The molecule has 0 saturated heterocycles. The third-order valence-corrected chi connectivity index (χ3v) is 8.80. The van der Waals surface area contributed by atoms with Crippen LogP contribution in [0.2, 0.25) is 0 Å². The van der Waals surface area contributed by atoms with Gasteiger partial charge in [0, 0.05) is 34.3 Å². The second-order valence-electron chi connectivity index (χ2n) is 9.73. The van der Waals surface area contributed by atoms with Gasteiger partial charge in [0.1, 0.15) is 11.9 Å². The quantitative estimate of drug-likeness (QED) is 0.258. The predicted octanol–water partition coefficient (Wildman–Crippen LogP) is 2.33. The van der Waals surface area contributed by atoms with Crippen LogP contribution in [0.1, 0.15) is 51.8 Å². The number of hydrogen-bond acceptors (Lipinski definition) is 9. The zero-order valence-electron chi connectivity index (χ0n) is 20.0. The Morgan fingerprint density at radius 3 is 2.59 bits per heavy atom. The maximum absolute atomic E-state index is 14.0. The van der Waals surface area contributed by atoms with E-state index in [4.69, 9.17) is 22.9 Å². The van der Waals surface area contributed by atoms with Crippen molar-refractivity contribution < 1.29 is 9.59 Å². The first-order valence-corrected chi connectivity index (χ1v) is 13.0. The molecule has 2 aromatic heterocycles. The molecule has 0 bridgehead atoms. The van der Waals surface area contributed by atoms with Gasteiger partial charge in [0.15, 0.2) is 5.78 Å². The minimum absolute atomic E-state index is 0.0983. The maximum atomic E-state index is 14.0. The first kappa shape index (κ1) is 23.7. The Balaban J connectivity index is 1.52. The summed E-state index contributed by atoms with van der Waals surface area (Å²) in [6.07, 6.45) is 4.03. The lowest BCUT2D eigenvalue weighted by Gasteiger charge is -2.35. The summed E-state index contributed by atoms with van der Waals surface area (Å²) in [7, 11) is 0. The molecular weight excluding hydrogens is 486 g/mol. The molecule has 1 fully saturated rings. The van der Waals surface area contributed by atoms with Gasteiger partial charge in [-0.05, 0) is 37.0 Å². The number of nitrogens with one attached hydrogen (secondary N) is 1. The number of thiophene rings is 1. The minimum Gasteiger partial charge on any atom is -0.398 e. The number of hydrogen-bond donors (Lipinski definition) is 5. The molecule has 1 amide bonds. The van der Waals surface area contributed by atoms with Crippen LogP contribution in [0, 0.1) is 0 Å². The molecule has 0 aliphatic heterocycles. The van der Waals surface area contributed by atoms with E-state index in [2.05, 4.69) is 15.3 Å². The first-order chi connectivity index (χ1) is 17.8. The Morgan fingerprint density at radius 1 is 1.08 bits per heavy atom. The number of benzene rings is 2. The summed E-state index contributed by atoms with van der Waals surface area (Å²) in [5.41, 5.74) is 27.7. The highest BCUT2D eigenvalue weighted by Crippen LogP contribution is 2.49. The molecule has 10 heteroatoms. The third kappa shape index (κ3) is 3.56. The van der Waals surface area contributed by atoms with Crippen LogP contribution >= 0.6 is 11.3 Å². The van der Waals surface area contributed by atoms with Crippen molar-refractivity contribution in [2.75, 3.05) is 5.73 Å². The molecule has 0 spiro atoms. The summed E-state index contributed by atoms with van der Waals surface area (Å²) >= 11 is 1.23. The summed E-state index contributed by atoms with van der Waals surface area (Å²) in [4.78, 5) is 36.5. The van der Waals surface area contributed by atoms with Crippen molar-refractivity contribution in [2.24, 2.45) is 17.2 Å². The average Bonchev–Trinajstić information content (AvgIpc) is 3.52. The normalized spacial score (nSPS) is 24.9. The number of carbonyl (C=O) groups excluding carboxylic acids is 2. The number of nitrogen functional groups attached to an aromatic ring is 1. The highest BCUT2D eigenvalue weighted by molar-refractivity contribution is 7.21. The van der Waals surface area contributed by atoms with E-state index >= 15 is 0 Å². The summed E-state index contributed by atoms with van der Waals surface area (Å²) < 4.78 is 0.670. The van der Waals surface area contributed by atoms with Gasteiger partial charge >= 0.3 is 0 Å². The van der Waals surface area contributed by atoms with E-state index in [9.17, 15) is 9.59 Å². The second kappa shape index (κ2) is 8.70. The molecule has 2 aliphatic carbocycles. The van der Waals surface area contributed by atoms with Crippen molar-refractivity contribution in [1.82, 2.24) is 15.3 Å². The standard InChI is InChI=1S/C27H27N7O2S/c28-15-7-4-8-17(15)34-26(36)24-21-20-14(9-10-16(29)23(20)37-24)27(31,25(35)22(21)30)19-11-18(32-12-33-19)13-5-2-1-3-6-13/h1-3,5-6,9-12,15,17,22H,4,7-8,28-31H2,(H,34,36)/t15-,17+,22?,27?/m0/s1. The number of anilines is 1. The van der Waals surface area contributed by atoms with Crippen LogP contribution in [0.4, 0.5) is 5.69 Å². The average molecular weight is 514 g/mol. The van der Waals surface area contributed by atoms with Crippen molar-refractivity contribution in [3.8, 4) is 11.3 Å². The van der Waals surface area contributed by atoms with E-state index < -0.39 is 17.4 Å². The van der Waals surface area contributed by atoms with E-state index in [-0.39, 0.29) is 18.0 Å². The number of nitrogens with zero attached hydrogens (tertiary/aromatic N) is 2. The van der Waals surface area contributed by atoms with Gasteiger partial charge in [-0.3, -0.25) is 9.59 Å². The van der Waals surface area contributed by atoms with Gasteiger partial charge in [0.2, 0.25) is 0 Å². The molecule has 37 heavy (non-hydrogen) atoms. The topological polar surface area (TPSA) is 176 Å². The van der Waals surface area contributed by atoms with Crippen LogP contribution in [-0.2, 0) is 10.3 Å². The fraction of sp³-hybridized carbons (Fsp3) is 0.259. The fourth-order valence-electron chi connectivity index (χ4n) is 5.56. The van der Waals surface area contributed by atoms with E-state index in [0.717, 1.165) is 24.8 Å². The van der Waals surface area contributed by atoms with Gasteiger partial charge in [0.05, 0.1) is 27.0 Å². The van der Waals surface area contributed by atoms with Crippen molar-refractivity contribution in [3.63, 3.8) is 0 Å². The predicted molar refractivity (Wildman–Crippen MR) is 144 cm³/mol. The van der Waals surface area contributed by atoms with Crippen LogP contribution in [0.15, 0.2) is 54.9 Å². The second-order valence-corrected chi connectivity index (χ2v) is 10.8. The molecule has 2 heterocycles. The Kier molecular flexibility index (Phi) is 5.57. The molecule has 4 atom stereocenters. The van der Waals surface area contributed by atoms with Gasteiger partial charge in [-0.25, -0.2) is 9.97 Å². The van der Waals surface area contributed by atoms with Crippen molar-refractivity contribution in [3.05, 3.63) is 76.6 Å². The molecule has 0 radical (unpaired) electrons. The number of amides is 1. The van der Waals surface area contributed by atoms with Crippen LogP contribution in [-0.4, -0.2) is 33.7 Å². The molecule has 188 valence electrons. The van der Waals surface area contributed by atoms with Gasteiger partial charge in [-0.1, -0.05) is 36.4 Å². The number of rotatable bonds is 4. The number of carbonyl (C=O) groups is 2. The van der Waals surface area contributed by atoms with Crippen molar-refractivity contribution >= 4 is 38.8 Å². The molecular formula is C27H27N7O2S. The molecule has 1 saturated carbocycles. The van der Waals surface area contributed by atoms with Crippen LogP contribution in [0.25, 0.3) is 21.3 Å². The fourth-order valence-corrected chi connectivity index (χ4v) is 6.76. The highest BCUT2D eigenvalue weighted by Gasteiger charge is 2.50. The van der Waals surface area contributed by atoms with Crippen LogP contribution in [0.5, 0.6) is 0 Å². The van der Waals surface area contributed by atoms with Crippen molar-refractivity contribution in [2.45, 2.75) is 42.9 Å². The Morgan fingerprint density at radius 2 is 1.86 bits per heavy atom. The van der Waals surface area contributed by atoms with Crippen LogP contribution in [0.3, 0.4) is 0 Å². The first-order valence-electron chi connectivity index (χ1n) is 12.2. The SMILES string of the molecule is Nc1ccc2c3c(c(C(=O)N[C@@H]4CCC[C@@H]4N)sc13)C(N)C(=O)C2(N)c1cc(-c2ccccc2)ncn1. The van der Waals surface area contributed by atoms with E-state index in [1.807, 2.05) is 30.3 Å². The lowest BCUT2D eigenvalue weighted by atomic mass is 9.72. The smallest absolute Gasteiger partial charge is 0.262 e. The number of aromatic nitrogens is 2. The van der Waals surface area contributed by atoms with E-state index in [1.54, 1.807) is 18.2 Å². The van der Waals surface area contributed by atoms with Gasteiger partial charge < -0.3 is 28.3 Å². The summed E-state index contributed by atoms with van der Waals surface area (Å²) in [5, 5.41) is 3.68. The van der Waals surface area contributed by atoms with E-state index in [0.29, 0.717) is 43.2 Å². The summed E-state index contributed by atoms with van der Waals surface area (Å²) in [6, 6.07) is 13.4. The van der Waals surface area contributed by atoms with E-state index in [1.165, 1.54) is 17.7 Å². The molecule has 4 aromatic rings. The molecule has 2 unspecified atom stereocenters. The third-order valence-electron chi connectivity index (χ3n) is 7.55. The number of Topliss-reactive ketones (excluding diaryl/α,β-unsaturated/α-hetero) is 1. The lowest BCUT2D eigenvalue weighted by Crippen LogP contribution is -2.53. The lowest BCUT2D eigenvalue weighted by molar-refractivity contribution is -0.124. The van der Waals surface area contributed by atoms with Gasteiger partial charge in [0.25, 0.3) is 5.91 Å². The minimum atomic E-state index is -1.65. The largest absolute Gasteiger partial charge is 0.398 e. The molecule has 9 N–H and O–H groups in total. The summed E-state index contributed by atoms with van der Waals surface area (Å²) in [6.45, 7) is 0. The zero-order valence-corrected chi connectivity index (χ0v) is 20.8. The van der Waals surface area contributed by atoms with Gasteiger partial charge in [-0.2, -0.15) is 0 Å². The summed E-state index contributed by atoms with van der Waals surface area (Å²) in [5.74, 6) is -0.751. The highest BCUT2D eigenvalue weighted by atomic mass is 32.1. The van der Waals surface area contributed by atoms with Gasteiger partial charge in [-0.15, -0.1) is 11.3 Å². The maximum Gasteiger partial charge on any atom is 0.262 e. The molecule has 9 nitrogen and oxygen atoms in total.